The average molecular weight is 253 g/mol. The van der Waals surface area contributed by atoms with Crippen molar-refractivity contribution in [3.8, 4) is 11.5 Å². The number of carbonyl (C=O) groups excluding carboxylic acids is 1. The van der Waals surface area contributed by atoms with Crippen molar-refractivity contribution >= 4 is 16.7 Å². The van der Waals surface area contributed by atoms with E-state index in [1.807, 2.05) is 37.3 Å². The third kappa shape index (κ3) is 1.99. The number of carbonyl (C=O) groups is 1. The Morgan fingerprint density at radius 2 is 2.00 bits per heavy atom. The highest BCUT2D eigenvalue weighted by Gasteiger charge is 2.14. The summed E-state index contributed by atoms with van der Waals surface area (Å²) in [6.07, 6.45) is 0. The lowest BCUT2D eigenvalue weighted by atomic mass is 10.1. The third-order valence-electron chi connectivity index (χ3n) is 2.88. The summed E-state index contributed by atoms with van der Waals surface area (Å²) in [5.41, 5.74) is 2.55. The average Bonchev–Trinajstić information content (AvgIpc) is 2.88. The van der Waals surface area contributed by atoms with Crippen LogP contribution in [0.25, 0.3) is 22.4 Å². The fourth-order valence-electron chi connectivity index (χ4n) is 1.93. The molecule has 0 radical (unpaired) electrons. The van der Waals surface area contributed by atoms with Gasteiger partial charge < -0.3 is 4.52 Å². The van der Waals surface area contributed by atoms with Crippen LogP contribution in [0.15, 0.2) is 34.9 Å². The normalized spacial score (nSPS) is 10.8. The highest BCUT2D eigenvalue weighted by Crippen LogP contribution is 2.22. The van der Waals surface area contributed by atoms with Gasteiger partial charge in [0.2, 0.25) is 11.6 Å². The highest BCUT2D eigenvalue weighted by atomic mass is 16.5. The molecule has 0 spiro atoms. The smallest absolute Gasteiger partial charge is 0.294 e. The fraction of sp³-hybridized carbons (Fsp3) is 0.143. The first-order valence-corrected chi connectivity index (χ1v) is 5.86. The van der Waals surface area contributed by atoms with E-state index in [-0.39, 0.29) is 11.7 Å². The molecule has 0 aliphatic rings. The maximum Gasteiger partial charge on any atom is 0.294 e. The minimum Gasteiger partial charge on any atom is -0.330 e. The number of pyridine rings is 1. The standard InChI is InChI=1S/C14H11N3O2/c1-8-7-12(13-16-14(9(2)18)19-17-13)15-11-6-4-3-5-10(8)11/h3-7H,1-2H3. The summed E-state index contributed by atoms with van der Waals surface area (Å²) in [7, 11) is 0. The lowest BCUT2D eigenvalue weighted by Crippen LogP contribution is -1.93. The van der Waals surface area contributed by atoms with Crippen LogP contribution in [0.2, 0.25) is 0 Å². The van der Waals surface area contributed by atoms with Crippen LogP contribution in [-0.2, 0) is 0 Å². The second-order valence-corrected chi connectivity index (χ2v) is 4.32. The van der Waals surface area contributed by atoms with E-state index in [1.54, 1.807) is 0 Å². The van der Waals surface area contributed by atoms with E-state index in [4.69, 9.17) is 4.52 Å². The topological polar surface area (TPSA) is 68.9 Å². The van der Waals surface area contributed by atoms with Crippen LogP contribution >= 0.6 is 0 Å². The molecule has 0 unspecified atom stereocenters. The van der Waals surface area contributed by atoms with E-state index in [9.17, 15) is 4.79 Å². The molecular weight excluding hydrogens is 242 g/mol. The van der Waals surface area contributed by atoms with Gasteiger partial charge in [-0.1, -0.05) is 23.4 Å². The predicted octanol–water partition coefficient (Wildman–Crippen LogP) is 2.80. The van der Waals surface area contributed by atoms with Gasteiger partial charge in [0.25, 0.3) is 5.89 Å². The van der Waals surface area contributed by atoms with Crippen molar-refractivity contribution in [3.63, 3.8) is 0 Å². The van der Waals surface area contributed by atoms with Gasteiger partial charge in [-0.15, -0.1) is 0 Å². The summed E-state index contributed by atoms with van der Waals surface area (Å²) in [6.45, 7) is 3.38. The Morgan fingerprint density at radius 3 is 2.74 bits per heavy atom. The maximum atomic E-state index is 11.2. The number of benzene rings is 1. The van der Waals surface area contributed by atoms with Crippen molar-refractivity contribution in [2.75, 3.05) is 0 Å². The molecule has 0 saturated heterocycles. The lowest BCUT2D eigenvalue weighted by molar-refractivity contribution is 0.0972. The number of hydrogen-bond acceptors (Lipinski definition) is 5. The van der Waals surface area contributed by atoms with Crippen LogP contribution < -0.4 is 0 Å². The second-order valence-electron chi connectivity index (χ2n) is 4.32. The molecule has 2 heterocycles. The zero-order valence-corrected chi connectivity index (χ0v) is 10.5. The maximum absolute atomic E-state index is 11.2. The Morgan fingerprint density at radius 1 is 1.21 bits per heavy atom. The zero-order chi connectivity index (χ0) is 13.4. The minimum absolute atomic E-state index is 0.00242. The molecule has 1 aromatic carbocycles. The van der Waals surface area contributed by atoms with Crippen molar-refractivity contribution in [1.82, 2.24) is 15.1 Å². The van der Waals surface area contributed by atoms with E-state index < -0.39 is 0 Å². The molecule has 5 nitrogen and oxygen atoms in total. The molecule has 3 aromatic rings. The number of Topliss-reactive ketones (excluding diaryl/α,β-unsaturated/α-hetero) is 1. The number of aromatic nitrogens is 3. The number of hydrogen-bond donors (Lipinski definition) is 0. The van der Waals surface area contributed by atoms with Crippen LogP contribution in [0, 0.1) is 6.92 Å². The van der Waals surface area contributed by atoms with Gasteiger partial charge in [0.15, 0.2) is 0 Å². The molecule has 0 fully saturated rings. The summed E-state index contributed by atoms with van der Waals surface area (Å²) >= 11 is 0. The van der Waals surface area contributed by atoms with E-state index in [2.05, 4.69) is 15.1 Å². The van der Waals surface area contributed by atoms with E-state index in [0.29, 0.717) is 11.5 Å². The van der Waals surface area contributed by atoms with Gasteiger partial charge in [-0.05, 0) is 24.6 Å². The van der Waals surface area contributed by atoms with Gasteiger partial charge in [0.05, 0.1) is 5.52 Å². The Labute approximate surface area is 109 Å². The molecule has 0 N–H and O–H groups in total. The second kappa shape index (κ2) is 4.28. The van der Waals surface area contributed by atoms with Crippen molar-refractivity contribution in [2.45, 2.75) is 13.8 Å². The molecule has 94 valence electrons. The monoisotopic (exact) mass is 253 g/mol. The first-order valence-electron chi connectivity index (χ1n) is 5.86. The quantitative estimate of drug-likeness (QED) is 0.657. The van der Waals surface area contributed by atoms with Gasteiger partial charge in [-0.25, -0.2) is 4.98 Å². The van der Waals surface area contributed by atoms with Gasteiger partial charge >= 0.3 is 0 Å². The molecule has 3 rings (SSSR count). The van der Waals surface area contributed by atoms with Crippen molar-refractivity contribution in [2.24, 2.45) is 0 Å². The first kappa shape index (κ1) is 11.5. The van der Waals surface area contributed by atoms with Crippen molar-refractivity contribution in [1.29, 1.82) is 0 Å². The Balaban J connectivity index is 2.16. The Bertz CT molecular complexity index is 777. The van der Waals surface area contributed by atoms with Gasteiger partial charge in [-0.2, -0.15) is 4.98 Å². The summed E-state index contributed by atoms with van der Waals surface area (Å²) in [5.74, 6) is 0.0814. The number of rotatable bonds is 2. The number of fused-ring (bicyclic) bond motifs is 1. The van der Waals surface area contributed by atoms with E-state index >= 15 is 0 Å². The molecule has 5 heteroatoms. The van der Waals surface area contributed by atoms with E-state index in [1.165, 1.54) is 6.92 Å². The first-order chi connectivity index (χ1) is 9.15. The lowest BCUT2D eigenvalue weighted by Gasteiger charge is -2.03. The van der Waals surface area contributed by atoms with Crippen LogP contribution in [-0.4, -0.2) is 20.9 Å². The third-order valence-corrected chi connectivity index (χ3v) is 2.88. The van der Waals surface area contributed by atoms with Crippen LogP contribution in [0.1, 0.15) is 23.2 Å². The molecular formula is C14H11N3O2. The number of para-hydroxylation sites is 1. The van der Waals surface area contributed by atoms with Crippen LogP contribution in [0.3, 0.4) is 0 Å². The highest BCUT2D eigenvalue weighted by molar-refractivity contribution is 5.89. The molecule has 0 amide bonds. The number of aryl methyl sites for hydroxylation is 1. The zero-order valence-electron chi connectivity index (χ0n) is 10.5. The van der Waals surface area contributed by atoms with Gasteiger partial charge in [0, 0.05) is 12.3 Å². The van der Waals surface area contributed by atoms with Crippen molar-refractivity contribution < 1.29 is 9.32 Å². The number of nitrogens with zero attached hydrogens (tertiary/aromatic N) is 3. The predicted molar refractivity (Wildman–Crippen MR) is 69.8 cm³/mol. The number of ketones is 1. The fourth-order valence-corrected chi connectivity index (χ4v) is 1.93. The minimum atomic E-state index is -0.253. The Kier molecular flexibility index (Phi) is 2.59. The molecule has 0 saturated carbocycles. The summed E-state index contributed by atoms with van der Waals surface area (Å²) in [5, 5.41) is 4.87. The summed E-state index contributed by atoms with van der Waals surface area (Å²) in [4.78, 5) is 19.7. The SMILES string of the molecule is CC(=O)c1nc(-c2cc(C)c3ccccc3n2)no1. The molecule has 0 aliphatic heterocycles. The largest absolute Gasteiger partial charge is 0.330 e. The summed E-state index contributed by atoms with van der Waals surface area (Å²) < 4.78 is 4.88. The van der Waals surface area contributed by atoms with Crippen molar-refractivity contribution in [3.05, 3.63) is 41.8 Å². The van der Waals surface area contributed by atoms with Gasteiger partial charge in [0.1, 0.15) is 5.69 Å². The Hall–Kier alpha value is -2.56. The molecule has 2 aromatic heterocycles. The van der Waals surface area contributed by atoms with E-state index in [0.717, 1.165) is 16.5 Å². The molecule has 0 bridgehead atoms. The van der Waals surface area contributed by atoms with Crippen LogP contribution in [0.5, 0.6) is 0 Å². The van der Waals surface area contributed by atoms with Gasteiger partial charge in [-0.3, -0.25) is 4.79 Å². The molecule has 19 heavy (non-hydrogen) atoms. The summed E-state index contributed by atoms with van der Waals surface area (Å²) in [6, 6.07) is 9.72. The molecule has 0 atom stereocenters. The molecule has 0 aliphatic carbocycles. The van der Waals surface area contributed by atoms with Crippen LogP contribution in [0.4, 0.5) is 0 Å².